The van der Waals surface area contributed by atoms with Crippen molar-refractivity contribution in [1.82, 2.24) is 0 Å². The van der Waals surface area contributed by atoms with Crippen molar-refractivity contribution in [2.45, 2.75) is 26.1 Å². The highest BCUT2D eigenvalue weighted by Crippen LogP contribution is 2.03. The Morgan fingerprint density at radius 2 is 2.17 bits per heavy atom. The molecule has 1 heteroatoms. The van der Waals surface area contributed by atoms with Crippen LogP contribution in [0.3, 0.4) is 0 Å². The van der Waals surface area contributed by atoms with E-state index >= 15 is 0 Å². The van der Waals surface area contributed by atoms with E-state index in [-0.39, 0.29) is 0 Å². The van der Waals surface area contributed by atoms with Crippen LogP contribution >= 0.6 is 0 Å². The summed E-state index contributed by atoms with van der Waals surface area (Å²) in [7, 11) is 0. The molecule has 0 saturated heterocycles. The zero-order chi connectivity index (χ0) is 12.7. The molecule has 0 unspecified atom stereocenters. The van der Waals surface area contributed by atoms with Crippen LogP contribution in [0, 0.1) is 6.57 Å². The lowest BCUT2D eigenvalue weighted by Gasteiger charge is -1.97. The highest BCUT2D eigenvalue weighted by atomic mass is 14.7. The predicted octanol–water partition coefficient (Wildman–Crippen LogP) is 1.70. The van der Waals surface area contributed by atoms with Crippen molar-refractivity contribution >= 4 is 0 Å². The van der Waals surface area contributed by atoms with Crippen LogP contribution in [0.15, 0.2) is 0 Å². The van der Waals surface area contributed by atoms with Gasteiger partial charge in [-0.1, -0.05) is 0 Å². The summed E-state index contributed by atoms with van der Waals surface area (Å²) in [6, 6.07) is 0. The van der Waals surface area contributed by atoms with Crippen molar-refractivity contribution in [3.63, 3.8) is 0 Å². The van der Waals surface area contributed by atoms with E-state index in [4.69, 9.17) is 18.9 Å². The van der Waals surface area contributed by atoms with E-state index in [0.29, 0.717) is 0 Å². The Morgan fingerprint density at radius 1 is 1.67 bits per heavy atom. The van der Waals surface area contributed by atoms with E-state index in [0.717, 1.165) is 0 Å². The highest BCUT2D eigenvalue weighted by molar-refractivity contribution is 4.82. The molecule has 0 bridgehead atoms. The van der Waals surface area contributed by atoms with Gasteiger partial charge in [0.15, 0.2) is 0 Å². The maximum atomic E-state index is 6.95. The molecule has 34 valence electrons. The van der Waals surface area contributed by atoms with Gasteiger partial charge in [0.1, 0.15) is 0 Å². The van der Waals surface area contributed by atoms with Crippen molar-refractivity contribution in [3.8, 4) is 0 Å². The third-order valence-electron chi connectivity index (χ3n) is 0.168. The van der Waals surface area contributed by atoms with Crippen LogP contribution in [0.25, 0.3) is 4.85 Å². The van der Waals surface area contributed by atoms with Crippen LogP contribution in [0.1, 0.15) is 32.9 Å². The van der Waals surface area contributed by atoms with E-state index in [1.807, 2.05) is 0 Å². The lowest BCUT2D eigenvalue weighted by Crippen LogP contribution is -2.04. The van der Waals surface area contributed by atoms with Crippen LogP contribution in [0.2, 0.25) is 0 Å². The maximum Gasteiger partial charge on any atom is 0.224 e. The fraction of sp³-hybridized carbons (Fsp3) is 0.800. The lowest BCUT2D eigenvalue weighted by atomic mass is 10.1. The molecular weight excluding hydrogens is 74.1 g/mol. The summed E-state index contributed by atoms with van der Waals surface area (Å²) in [5.74, 6) is 0. The van der Waals surface area contributed by atoms with E-state index in [1.165, 1.54) is 0 Å². The van der Waals surface area contributed by atoms with E-state index in [1.54, 1.807) is 0 Å². The second-order valence-electron chi connectivity index (χ2n) is 0.822. The summed E-state index contributed by atoms with van der Waals surface area (Å²) >= 11 is 0. The molecule has 0 atom stereocenters. The van der Waals surface area contributed by atoms with E-state index in [9.17, 15) is 0 Å². The minimum Gasteiger partial charge on any atom is -0.311 e. The Labute approximate surface area is 51.4 Å². The van der Waals surface area contributed by atoms with Crippen molar-refractivity contribution in [2.24, 2.45) is 0 Å². The molecule has 0 amide bonds. The average molecular weight is 92.2 g/mol. The Hall–Kier alpha value is -0.510. The first kappa shape index (κ1) is 0.608. The molecule has 0 aromatic carbocycles. The normalized spacial score (nSPS) is 38.8. The van der Waals surface area contributed by atoms with Crippen molar-refractivity contribution in [3.05, 3.63) is 11.4 Å². The van der Waals surface area contributed by atoms with Crippen LogP contribution in [0.5, 0.6) is 0 Å². The fourth-order valence-electron chi connectivity index (χ4n) is 0. The fourth-order valence-corrected chi connectivity index (χ4v) is 0. The Balaban J connectivity index is 5.93. The van der Waals surface area contributed by atoms with Gasteiger partial charge in [-0.2, -0.15) is 0 Å². The molecule has 0 saturated carbocycles. The van der Waals surface area contributed by atoms with Crippen LogP contribution < -0.4 is 0 Å². The molecule has 0 fully saturated rings. The summed E-state index contributed by atoms with van der Waals surface area (Å²) in [5.41, 5.74) is -3.35. The largest absolute Gasteiger partial charge is 0.311 e. The molecule has 0 heterocycles. The molecule has 1 nitrogen and oxygen atoms in total. The quantitative estimate of drug-likeness (QED) is 0.401. The van der Waals surface area contributed by atoms with Crippen LogP contribution in [0.4, 0.5) is 0 Å². The Kier molecular flexibility index (Phi) is 0.132. The second kappa shape index (κ2) is 1.30. The zero-order valence-corrected chi connectivity index (χ0v) is 2.95. The second-order valence-corrected chi connectivity index (χ2v) is 0.822. The Morgan fingerprint density at radius 3 is 2.17 bits per heavy atom. The summed E-state index contributed by atoms with van der Waals surface area (Å²) < 4.78 is 62.5. The monoisotopic (exact) mass is 92.1 g/mol. The molecule has 0 radical (unpaired) electrons. The predicted molar refractivity (Wildman–Crippen MR) is 26.4 cm³/mol. The third kappa shape index (κ3) is 3.49. The maximum absolute atomic E-state index is 6.95. The van der Waals surface area contributed by atoms with Gasteiger partial charge < -0.3 is 4.85 Å². The van der Waals surface area contributed by atoms with Gasteiger partial charge in [-0.15, -0.1) is 0 Å². The van der Waals surface area contributed by atoms with Gasteiger partial charge in [0.25, 0.3) is 0 Å². The van der Waals surface area contributed by atoms with Gasteiger partial charge >= 0.3 is 0 Å². The molecule has 6 heavy (non-hydrogen) atoms. The number of hydrogen-bond acceptors (Lipinski definition) is 0. The van der Waals surface area contributed by atoms with Gasteiger partial charge in [-0.05, 0) is 0 Å². The van der Waals surface area contributed by atoms with E-state index < -0.39 is 26.1 Å². The topological polar surface area (TPSA) is 4.36 Å². The molecular formula is C5H9N. The van der Waals surface area contributed by atoms with Gasteiger partial charge in [-0.25, -0.2) is 6.57 Å². The first-order valence-electron chi connectivity index (χ1n) is 5.70. The molecule has 0 spiro atoms. The SMILES string of the molecule is [2H]C([2H])([2H])C([N+]#[C-])(C([2H])([2H])[2H])C([2H])([2H])[2H]. The van der Waals surface area contributed by atoms with Crippen molar-refractivity contribution < 1.29 is 12.3 Å². The summed E-state index contributed by atoms with van der Waals surface area (Å²) in [6.45, 7) is -3.57. The Bertz CT molecular complexity index is 237. The first-order valence-corrected chi connectivity index (χ1v) is 1.20. The van der Waals surface area contributed by atoms with Crippen molar-refractivity contribution in [1.29, 1.82) is 0 Å². The third-order valence-corrected chi connectivity index (χ3v) is 0.168. The number of rotatable bonds is 0. The van der Waals surface area contributed by atoms with E-state index in [2.05, 4.69) is 4.85 Å². The molecule has 0 aliphatic rings. The molecule has 0 aromatic heterocycles. The molecule has 0 N–H and O–H groups in total. The molecule has 0 aromatic rings. The first-order chi connectivity index (χ1) is 6.31. The minimum atomic E-state index is -3.40. The molecule has 0 aliphatic carbocycles. The number of hydrogen-bond donors (Lipinski definition) is 0. The van der Waals surface area contributed by atoms with Crippen LogP contribution in [-0.2, 0) is 0 Å². The van der Waals surface area contributed by atoms with Crippen molar-refractivity contribution in [2.75, 3.05) is 0 Å². The standard InChI is InChI=1S/C5H9N/c1-5(2,3)6-4/h1-3H3/i1D3,2D3,3D3. The molecule has 0 rings (SSSR count). The average Bonchev–Trinajstić information content (AvgIpc) is 1.76. The lowest BCUT2D eigenvalue weighted by molar-refractivity contribution is 0.688. The van der Waals surface area contributed by atoms with Gasteiger partial charge in [-0.3, -0.25) is 0 Å². The van der Waals surface area contributed by atoms with Gasteiger partial charge in [0.2, 0.25) is 5.54 Å². The van der Waals surface area contributed by atoms with Gasteiger partial charge in [0, 0.05) is 32.9 Å². The minimum absolute atomic E-state index is 2.40. The summed E-state index contributed by atoms with van der Waals surface area (Å²) in [5, 5.41) is 0. The highest BCUT2D eigenvalue weighted by Gasteiger charge is 2.10. The summed E-state index contributed by atoms with van der Waals surface area (Å²) in [6.07, 6.45) is 0. The number of nitrogens with zero attached hydrogens (tertiary/aromatic N) is 1. The molecule has 0 aliphatic heterocycles. The smallest absolute Gasteiger partial charge is 0.224 e. The van der Waals surface area contributed by atoms with Gasteiger partial charge in [0.05, 0.1) is 0 Å². The van der Waals surface area contributed by atoms with Crippen LogP contribution in [-0.4, -0.2) is 5.54 Å². The summed E-state index contributed by atoms with van der Waals surface area (Å²) in [4.78, 5) is 2.40. The zero-order valence-electron chi connectivity index (χ0n) is 11.9.